The van der Waals surface area contributed by atoms with Gasteiger partial charge in [0.25, 0.3) is 0 Å². The van der Waals surface area contributed by atoms with Crippen molar-refractivity contribution >= 4 is 23.5 Å². The molecule has 3 aromatic rings. The zero-order chi connectivity index (χ0) is 23.8. The fourth-order valence-electron chi connectivity index (χ4n) is 3.15. The number of pyridine rings is 1. The van der Waals surface area contributed by atoms with Crippen LogP contribution in [0.3, 0.4) is 0 Å². The Morgan fingerprint density at radius 2 is 1.76 bits per heavy atom. The van der Waals surface area contributed by atoms with Gasteiger partial charge in [0.1, 0.15) is 23.3 Å². The van der Waals surface area contributed by atoms with Crippen molar-refractivity contribution in [3.8, 4) is 34.2 Å². The number of rotatable bonds is 9. The number of carbonyl (C=O) groups excluding carboxylic acids is 2. The molecule has 1 aromatic heterocycles. The standard InChI is InChI=1S/C26H24N2O4S/c1-17(2)32-25(30)13-20(29)16-33-26-23(15-27)22(18-9-11-21(31-3)12-10-18)14-24(28-26)19-7-5-4-6-8-19/h4-12,14,17H,13,16H2,1-3H3. The quantitative estimate of drug-likeness (QED) is 0.243. The summed E-state index contributed by atoms with van der Waals surface area (Å²) < 4.78 is 10.3. The predicted octanol–water partition coefficient (Wildman–Crippen LogP) is 5.30. The molecule has 2 aromatic carbocycles. The highest BCUT2D eigenvalue weighted by Crippen LogP contribution is 2.35. The third kappa shape index (κ3) is 6.43. The van der Waals surface area contributed by atoms with Crippen LogP contribution in [-0.2, 0) is 14.3 Å². The molecule has 6 nitrogen and oxygen atoms in total. The van der Waals surface area contributed by atoms with Crippen LogP contribution in [0.15, 0.2) is 65.7 Å². The average molecular weight is 461 g/mol. The average Bonchev–Trinajstić information content (AvgIpc) is 2.82. The van der Waals surface area contributed by atoms with Crippen molar-refractivity contribution in [3.05, 3.63) is 66.2 Å². The first kappa shape index (κ1) is 24.0. The Hall–Kier alpha value is -3.63. The van der Waals surface area contributed by atoms with Crippen molar-refractivity contribution in [2.24, 2.45) is 0 Å². The Kier molecular flexibility index (Phi) is 8.22. The molecule has 0 N–H and O–H groups in total. The van der Waals surface area contributed by atoms with Gasteiger partial charge in [-0.05, 0) is 37.6 Å². The number of ether oxygens (including phenoxy) is 2. The largest absolute Gasteiger partial charge is 0.497 e. The van der Waals surface area contributed by atoms with E-state index in [9.17, 15) is 14.9 Å². The minimum absolute atomic E-state index is 0.00910. The maximum atomic E-state index is 12.3. The van der Waals surface area contributed by atoms with Crippen molar-refractivity contribution in [3.63, 3.8) is 0 Å². The van der Waals surface area contributed by atoms with E-state index < -0.39 is 5.97 Å². The summed E-state index contributed by atoms with van der Waals surface area (Å²) in [5.41, 5.74) is 3.51. The first-order valence-electron chi connectivity index (χ1n) is 10.4. The summed E-state index contributed by atoms with van der Waals surface area (Å²) in [7, 11) is 1.60. The van der Waals surface area contributed by atoms with Crippen molar-refractivity contribution in [1.29, 1.82) is 5.26 Å². The van der Waals surface area contributed by atoms with Gasteiger partial charge in [-0.25, -0.2) is 4.98 Å². The molecule has 0 atom stereocenters. The molecule has 1 heterocycles. The summed E-state index contributed by atoms with van der Waals surface area (Å²) in [5, 5.41) is 10.4. The molecule has 33 heavy (non-hydrogen) atoms. The molecule has 0 unspecified atom stereocenters. The van der Waals surface area contributed by atoms with Crippen LogP contribution in [-0.4, -0.2) is 35.7 Å². The van der Waals surface area contributed by atoms with Gasteiger partial charge in [0.15, 0.2) is 5.78 Å². The summed E-state index contributed by atoms with van der Waals surface area (Å²) >= 11 is 1.15. The molecule has 0 spiro atoms. The third-order valence-electron chi connectivity index (χ3n) is 4.65. The van der Waals surface area contributed by atoms with E-state index >= 15 is 0 Å². The minimum atomic E-state index is -0.555. The Balaban J connectivity index is 1.96. The van der Waals surface area contributed by atoms with Gasteiger partial charge >= 0.3 is 5.97 Å². The maximum Gasteiger partial charge on any atom is 0.313 e. The zero-order valence-corrected chi connectivity index (χ0v) is 19.5. The second-order valence-corrected chi connectivity index (χ2v) is 8.45. The van der Waals surface area contributed by atoms with E-state index in [4.69, 9.17) is 9.47 Å². The Bertz CT molecular complexity index is 1170. The number of methoxy groups -OCH3 is 1. The van der Waals surface area contributed by atoms with E-state index in [1.54, 1.807) is 21.0 Å². The number of thioether (sulfide) groups is 1. The number of nitrogens with zero attached hydrogens (tertiary/aromatic N) is 2. The number of nitriles is 1. The van der Waals surface area contributed by atoms with Gasteiger partial charge in [-0.1, -0.05) is 54.2 Å². The Morgan fingerprint density at radius 3 is 2.36 bits per heavy atom. The van der Waals surface area contributed by atoms with Gasteiger partial charge in [0.05, 0.1) is 30.2 Å². The van der Waals surface area contributed by atoms with E-state index in [0.717, 1.165) is 22.9 Å². The highest BCUT2D eigenvalue weighted by atomic mass is 32.2. The second-order valence-electron chi connectivity index (χ2n) is 7.48. The van der Waals surface area contributed by atoms with Crippen LogP contribution in [0.4, 0.5) is 0 Å². The number of ketones is 1. The summed E-state index contributed by atoms with van der Waals surface area (Å²) in [6.45, 7) is 3.46. The molecule has 0 amide bonds. The summed E-state index contributed by atoms with van der Waals surface area (Å²) in [6.07, 6.45) is -0.587. The van der Waals surface area contributed by atoms with E-state index in [0.29, 0.717) is 27.6 Å². The highest BCUT2D eigenvalue weighted by Gasteiger charge is 2.18. The lowest BCUT2D eigenvalue weighted by Crippen LogP contribution is -2.16. The number of aromatic nitrogens is 1. The molecule has 0 aliphatic carbocycles. The van der Waals surface area contributed by atoms with Crippen molar-refractivity contribution in [1.82, 2.24) is 4.98 Å². The number of hydrogen-bond donors (Lipinski definition) is 0. The fraction of sp³-hybridized carbons (Fsp3) is 0.231. The van der Waals surface area contributed by atoms with Gasteiger partial charge in [-0.2, -0.15) is 5.26 Å². The molecule has 0 bridgehead atoms. The van der Waals surface area contributed by atoms with E-state index in [-0.39, 0.29) is 24.1 Å². The monoisotopic (exact) mass is 460 g/mol. The first-order valence-corrected chi connectivity index (χ1v) is 11.4. The van der Waals surface area contributed by atoms with E-state index in [2.05, 4.69) is 11.1 Å². The molecular weight excluding hydrogens is 436 g/mol. The molecule has 0 aliphatic rings. The van der Waals surface area contributed by atoms with E-state index in [1.807, 2.05) is 60.7 Å². The van der Waals surface area contributed by atoms with Gasteiger partial charge < -0.3 is 9.47 Å². The van der Waals surface area contributed by atoms with Gasteiger partial charge in [-0.15, -0.1) is 0 Å². The number of benzene rings is 2. The van der Waals surface area contributed by atoms with Crippen molar-refractivity contribution < 1.29 is 19.1 Å². The van der Waals surface area contributed by atoms with Gasteiger partial charge in [0.2, 0.25) is 0 Å². The molecule has 3 rings (SSSR count). The number of carbonyl (C=O) groups is 2. The van der Waals surface area contributed by atoms with Crippen LogP contribution in [0.2, 0.25) is 0 Å². The smallest absolute Gasteiger partial charge is 0.313 e. The topological polar surface area (TPSA) is 89.3 Å². The van der Waals surface area contributed by atoms with Gasteiger partial charge in [-0.3, -0.25) is 9.59 Å². The molecule has 0 saturated carbocycles. The number of hydrogen-bond acceptors (Lipinski definition) is 7. The summed E-state index contributed by atoms with van der Waals surface area (Å²) in [6, 6.07) is 21.2. The lowest BCUT2D eigenvalue weighted by Gasteiger charge is -2.13. The van der Waals surface area contributed by atoms with Crippen LogP contribution in [0, 0.1) is 11.3 Å². The third-order valence-corrected chi connectivity index (χ3v) is 5.68. The normalized spacial score (nSPS) is 10.5. The molecule has 0 radical (unpaired) electrons. The number of Topliss-reactive ketones (excluding diaryl/α,β-unsaturated/α-hetero) is 1. The summed E-state index contributed by atoms with van der Waals surface area (Å²) in [5.74, 6) is -0.119. The van der Waals surface area contributed by atoms with Crippen LogP contribution >= 0.6 is 11.8 Å². The molecule has 0 saturated heterocycles. The lowest BCUT2D eigenvalue weighted by molar-refractivity contribution is -0.149. The van der Waals surface area contributed by atoms with Crippen LogP contribution in [0.5, 0.6) is 5.75 Å². The summed E-state index contributed by atoms with van der Waals surface area (Å²) in [4.78, 5) is 28.8. The lowest BCUT2D eigenvalue weighted by atomic mass is 9.99. The van der Waals surface area contributed by atoms with Gasteiger partial charge in [0, 0.05) is 11.1 Å². The Labute approximate surface area is 197 Å². The van der Waals surface area contributed by atoms with Crippen LogP contribution in [0.25, 0.3) is 22.4 Å². The van der Waals surface area contributed by atoms with Crippen molar-refractivity contribution in [2.75, 3.05) is 12.9 Å². The Morgan fingerprint density at radius 1 is 1.06 bits per heavy atom. The molecule has 0 fully saturated rings. The second kappa shape index (κ2) is 11.3. The molecule has 168 valence electrons. The maximum absolute atomic E-state index is 12.3. The van der Waals surface area contributed by atoms with E-state index in [1.165, 1.54) is 0 Å². The minimum Gasteiger partial charge on any atom is -0.497 e. The highest BCUT2D eigenvalue weighted by molar-refractivity contribution is 8.00. The molecular formula is C26H24N2O4S. The zero-order valence-electron chi connectivity index (χ0n) is 18.7. The SMILES string of the molecule is COc1ccc(-c2cc(-c3ccccc3)nc(SCC(=O)CC(=O)OC(C)C)c2C#N)cc1. The number of esters is 1. The predicted molar refractivity (Wildman–Crippen MR) is 128 cm³/mol. The first-order chi connectivity index (χ1) is 15.9. The van der Waals surface area contributed by atoms with Crippen LogP contribution in [0.1, 0.15) is 25.8 Å². The fourth-order valence-corrected chi connectivity index (χ4v) is 4.02. The van der Waals surface area contributed by atoms with Crippen molar-refractivity contribution in [2.45, 2.75) is 31.4 Å². The molecule has 0 aliphatic heterocycles. The molecule has 7 heteroatoms. The van der Waals surface area contributed by atoms with Crippen LogP contribution < -0.4 is 4.74 Å².